The van der Waals surface area contributed by atoms with Crippen molar-refractivity contribution in [3.8, 4) is 11.5 Å². The number of rotatable bonds is 11. The van der Waals surface area contributed by atoms with Gasteiger partial charge < -0.3 is 20.1 Å². The number of unbranched alkanes of at least 4 members (excludes halogenated alkanes) is 1. The average molecular weight is 387 g/mol. The van der Waals surface area contributed by atoms with Gasteiger partial charge in [0.1, 0.15) is 11.5 Å². The van der Waals surface area contributed by atoms with Crippen LogP contribution in [0.1, 0.15) is 44.2 Å². The normalized spacial score (nSPS) is 10.3. The average Bonchev–Trinajstić information content (AvgIpc) is 2.71. The van der Waals surface area contributed by atoms with E-state index in [1.54, 1.807) is 0 Å². The van der Waals surface area contributed by atoms with E-state index in [4.69, 9.17) is 21.7 Å². The van der Waals surface area contributed by atoms with Crippen molar-refractivity contribution in [2.45, 2.75) is 46.2 Å². The summed E-state index contributed by atoms with van der Waals surface area (Å²) >= 11 is 5.36. The Morgan fingerprint density at radius 1 is 0.741 bits per heavy atom. The van der Waals surface area contributed by atoms with Crippen molar-refractivity contribution in [3.63, 3.8) is 0 Å². The van der Waals surface area contributed by atoms with Gasteiger partial charge in [0.05, 0.1) is 13.2 Å². The number of benzene rings is 2. The molecule has 0 bridgehead atoms. The van der Waals surface area contributed by atoms with E-state index >= 15 is 0 Å². The number of hydrogen-bond acceptors (Lipinski definition) is 3. The highest BCUT2D eigenvalue weighted by Gasteiger charge is 2.00. The summed E-state index contributed by atoms with van der Waals surface area (Å²) in [5.41, 5.74) is 2.33. The number of nitrogens with one attached hydrogen (secondary N) is 2. The topological polar surface area (TPSA) is 42.5 Å². The van der Waals surface area contributed by atoms with Gasteiger partial charge in [0.25, 0.3) is 0 Å². The molecule has 0 saturated heterocycles. The van der Waals surface area contributed by atoms with Crippen LogP contribution in [0.4, 0.5) is 0 Å². The van der Waals surface area contributed by atoms with E-state index in [1.807, 2.05) is 24.3 Å². The minimum atomic E-state index is 0.643. The predicted octanol–water partition coefficient (Wildman–Crippen LogP) is 4.82. The summed E-state index contributed by atoms with van der Waals surface area (Å²) < 4.78 is 11.3. The molecule has 0 amide bonds. The molecular weight excluding hydrogens is 356 g/mol. The molecule has 0 fully saturated rings. The van der Waals surface area contributed by atoms with Gasteiger partial charge in [-0.05, 0) is 60.5 Å². The van der Waals surface area contributed by atoms with E-state index in [0.29, 0.717) is 18.2 Å². The lowest BCUT2D eigenvalue weighted by Gasteiger charge is -2.12. The van der Waals surface area contributed by atoms with Crippen LogP contribution in [0.2, 0.25) is 0 Å². The fourth-order valence-corrected chi connectivity index (χ4v) is 2.53. The number of hydrogen-bond donors (Lipinski definition) is 2. The van der Waals surface area contributed by atoms with Crippen LogP contribution in [0.3, 0.4) is 0 Å². The summed E-state index contributed by atoms with van der Waals surface area (Å²) in [5, 5.41) is 7.11. The molecule has 2 N–H and O–H groups in total. The molecule has 4 nitrogen and oxygen atoms in total. The SMILES string of the molecule is CCCCOc1ccc(CNC(=S)NCc2ccc(OCCC)cc2)cc1. The van der Waals surface area contributed by atoms with Crippen molar-refractivity contribution in [1.29, 1.82) is 0 Å². The van der Waals surface area contributed by atoms with Crippen molar-refractivity contribution in [2.75, 3.05) is 13.2 Å². The highest BCUT2D eigenvalue weighted by Crippen LogP contribution is 2.13. The van der Waals surface area contributed by atoms with E-state index < -0.39 is 0 Å². The number of thiocarbonyl (C=S) groups is 1. The van der Waals surface area contributed by atoms with Crippen molar-refractivity contribution >= 4 is 17.3 Å². The van der Waals surface area contributed by atoms with Crippen LogP contribution >= 0.6 is 12.2 Å². The smallest absolute Gasteiger partial charge is 0.166 e. The zero-order valence-electron chi connectivity index (χ0n) is 16.3. The molecule has 0 heterocycles. The Bertz CT molecular complexity index is 672. The van der Waals surface area contributed by atoms with Crippen molar-refractivity contribution < 1.29 is 9.47 Å². The van der Waals surface area contributed by atoms with Crippen LogP contribution in [-0.4, -0.2) is 18.3 Å². The van der Waals surface area contributed by atoms with E-state index in [9.17, 15) is 0 Å². The molecule has 27 heavy (non-hydrogen) atoms. The Balaban J connectivity index is 1.68. The van der Waals surface area contributed by atoms with Gasteiger partial charge >= 0.3 is 0 Å². The van der Waals surface area contributed by atoms with Crippen LogP contribution in [0.15, 0.2) is 48.5 Å². The van der Waals surface area contributed by atoms with Gasteiger partial charge in [-0.3, -0.25) is 0 Å². The summed E-state index contributed by atoms with van der Waals surface area (Å²) in [5.74, 6) is 1.82. The summed E-state index contributed by atoms with van der Waals surface area (Å²) in [6, 6.07) is 16.2. The zero-order chi connectivity index (χ0) is 19.3. The third-order valence-corrected chi connectivity index (χ3v) is 4.28. The molecule has 0 radical (unpaired) electrons. The van der Waals surface area contributed by atoms with E-state index in [0.717, 1.165) is 49.5 Å². The molecule has 0 aromatic heterocycles. The summed E-state index contributed by atoms with van der Waals surface area (Å²) in [6.07, 6.45) is 3.23. The third-order valence-electron chi connectivity index (χ3n) is 3.99. The fourth-order valence-electron chi connectivity index (χ4n) is 2.39. The minimum Gasteiger partial charge on any atom is -0.494 e. The first-order chi connectivity index (χ1) is 13.2. The Morgan fingerprint density at radius 3 is 1.67 bits per heavy atom. The molecule has 2 aromatic carbocycles. The Kier molecular flexibility index (Phi) is 9.49. The van der Waals surface area contributed by atoms with Crippen LogP contribution < -0.4 is 20.1 Å². The van der Waals surface area contributed by atoms with E-state index in [2.05, 4.69) is 48.7 Å². The zero-order valence-corrected chi connectivity index (χ0v) is 17.1. The van der Waals surface area contributed by atoms with Gasteiger partial charge in [0.2, 0.25) is 0 Å². The van der Waals surface area contributed by atoms with E-state index in [-0.39, 0.29) is 0 Å². The minimum absolute atomic E-state index is 0.643. The maximum atomic E-state index is 5.68. The molecule has 0 atom stereocenters. The first-order valence-corrected chi connectivity index (χ1v) is 10.1. The van der Waals surface area contributed by atoms with Gasteiger partial charge in [-0.25, -0.2) is 0 Å². The van der Waals surface area contributed by atoms with Crippen molar-refractivity contribution in [3.05, 3.63) is 59.7 Å². The highest BCUT2D eigenvalue weighted by molar-refractivity contribution is 7.80. The van der Waals surface area contributed by atoms with E-state index in [1.165, 1.54) is 5.56 Å². The summed E-state index contributed by atoms with van der Waals surface area (Å²) in [7, 11) is 0. The molecule has 0 aliphatic rings. The molecule has 0 saturated carbocycles. The molecule has 0 unspecified atom stereocenters. The molecule has 2 rings (SSSR count). The molecule has 146 valence electrons. The monoisotopic (exact) mass is 386 g/mol. The molecule has 5 heteroatoms. The van der Waals surface area contributed by atoms with Crippen LogP contribution in [0.5, 0.6) is 11.5 Å². The summed E-state index contributed by atoms with van der Waals surface area (Å²) in [4.78, 5) is 0. The second kappa shape index (κ2) is 12.2. The lowest BCUT2D eigenvalue weighted by atomic mass is 10.2. The Labute approximate surface area is 168 Å². The second-order valence-electron chi connectivity index (χ2n) is 6.37. The summed E-state index contributed by atoms with van der Waals surface area (Å²) in [6.45, 7) is 7.15. The predicted molar refractivity (Wildman–Crippen MR) is 115 cm³/mol. The second-order valence-corrected chi connectivity index (χ2v) is 6.78. The molecule has 0 aliphatic heterocycles. The Morgan fingerprint density at radius 2 is 1.22 bits per heavy atom. The van der Waals surface area contributed by atoms with Crippen molar-refractivity contribution in [1.82, 2.24) is 10.6 Å². The molecule has 0 spiro atoms. The lowest BCUT2D eigenvalue weighted by molar-refractivity contribution is 0.309. The lowest BCUT2D eigenvalue weighted by Crippen LogP contribution is -2.34. The quantitative estimate of drug-likeness (QED) is 0.428. The first kappa shape index (κ1) is 21.0. The third kappa shape index (κ3) is 8.31. The van der Waals surface area contributed by atoms with Crippen LogP contribution in [0.25, 0.3) is 0 Å². The van der Waals surface area contributed by atoms with Gasteiger partial charge in [-0.2, -0.15) is 0 Å². The maximum Gasteiger partial charge on any atom is 0.166 e. The highest BCUT2D eigenvalue weighted by atomic mass is 32.1. The molecule has 2 aromatic rings. The van der Waals surface area contributed by atoms with Gasteiger partial charge in [0.15, 0.2) is 5.11 Å². The van der Waals surface area contributed by atoms with Crippen LogP contribution in [-0.2, 0) is 13.1 Å². The van der Waals surface area contributed by atoms with Gasteiger partial charge in [-0.1, -0.05) is 44.5 Å². The van der Waals surface area contributed by atoms with Crippen LogP contribution in [0, 0.1) is 0 Å². The maximum absolute atomic E-state index is 5.68. The fraction of sp³-hybridized carbons (Fsp3) is 0.409. The largest absolute Gasteiger partial charge is 0.494 e. The Hall–Kier alpha value is -2.27. The molecular formula is C22H30N2O2S. The number of ether oxygens (including phenoxy) is 2. The van der Waals surface area contributed by atoms with Crippen molar-refractivity contribution in [2.24, 2.45) is 0 Å². The van der Waals surface area contributed by atoms with Gasteiger partial charge in [-0.15, -0.1) is 0 Å². The molecule has 0 aliphatic carbocycles. The van der Waals surface area contributed by atoms with Gasteiger partial charge in [0, 0.05) is 13.1 Å². The first-order valence-electron chi connectivity index (χ1n) is 9.66. The standard InChI is InChI=1S/C22H30N2O2S/c1-3-5-15-26-21-12-8-19(9-13-21)17-24-22(27)23-16-18-6-10-20(11-7-18)25-14-4-2/h6-13H,3-5,14-17H2,1-2H3,(H2,23,24,27).